The normalized spacial score (nSPS) is 12.8. The van der Waals surface area contributed by atoms with Crippen LogP contribution in [0.2, 0.25) is 0 Å². The lowest BCUT2D eigenvalue weighted by atomic mass is 10.0. The summed E-state index contributed by atoms with van der Waals surface area (Å²) >= 11 is 0. The molecule has 0 radical (unpaired) electrons. The van der Waals surface area contributed by atoms with Gasteiger partial charge in [-0.05, 0) is 19.8 Å². The number of hydrogen-bond acceptors (Lipinski definition) is 2. The molecular formula is C11H16N2. The van der Waals surface area contributed by atoms with E-state index in [2.05, 4.69) is 22.1 Å². The van der Waals surface area contributed by atoms with E-state index in [0.717, 1.165) is 18.5 Å². The van der Waals surface area contributed by atoms with E-state index in [1.165, 1.54) is 11.3 Å². The zero-order valence-electron chi connectivity index (χ0n) is 8.54. The summed E-state index contributed by atoms with van der Waals surface area (Å²) in [6, 6.07) is 0. The first kappa shape index (κ1) is 9.90. The number of rotatable bonds is 0. The van der Waals surface area contributed by atoms with Gasteiger partial charge in [0.1, 0.15) is 6.33 Å². The summed E-state index contributed by atoms with van der Waals surface area (Å²) in [7, 11) is 0. The second-order valence-corrected chi connectivity index (χ2v) is 2.76. The van der Waals surface area contributed by atoms with Crippen LogP contribution in [0.5, 0.6) is 0 Å². The lowest BCUT2D eigenvalue weighted by Crippen LogP contribution is -2.01. The van der Waals surface area contributed by atoms with Crippen molar-refractivity contribution in [1.82, 2.24) is 9.97 Å². The van der Waals surface area contributed by atoms with E-state index in [4.69, 9.17) is 0 Å². The van der Waals surface area contributed by atoms with Crippen LogP contribution in [-0.4, -0.2) is 9.97 Å². The zero-order chi connectivity index (χ0) is 9.68. The Bertz CT molecular complexity index is 303. The number of hydrogen-bond donors (Lipinski definition) is 0. The van der Waals surface area contributed by atoms with E-state index >= 15 is 0 Å². The molecule has 0 fully saturated rings. The number of allylic oxidation sites excluding steroid dienone is 1. The van der Waals surface area contributed by atoms with Crippen LogP contribution in [0.25, 0.3) is 6.08 Å². The highest BCUT2D eigenvalue weighted by molar-refractivity contribution is 5.55. The minimum absolute atomic E-state index is 1.06. The highest BCUT2D eigenvalue weighted by Gasteiger charge is 2.07. The molecule has 70 valence electrons. The van der Waals surface area contributed by atoms with Gasteiger partial charge in [0.15, 0.2) is 0 Å². The molecule has 0 amide bonds. The van der Waals surface area contributed by atoms with Crippen molar-refractivity contribution >= 4 is 6.08 Å². The highest BCUT2D eigenvalue weighted by Crippen LogP contribution is 2.17. The third kappa shape index (κ3) is 2.14. The van der Waals surface area contributed by atoms with Gasteiger partial charge in [-0.1, -0.05) is 26.0 Å². The minimum Gasteiger partial charge on any atom is -0.241 e. The van der Waals surface area contributed by atoms with Crippen LogP contribution in [0.3, 0.4) is 0 Å². The molecule has 0 saturated heterocycles. The molecule has 0 aromatic carbocycles. The van der Waals surface area contributed by atoms with Crippen LogP contribution < -0.4 is 0 Å². The molecule has 1 aromatic heterocycles. The molecule has 0 saturated carbocycles. The van der Waals surface area contributed by atoms with Gasteiger partial charge in [0.25, 0.3) is 0 Å². The van der Waals surface area contributed by atoms with Crippen molar-refractivity contribution in [1.29, 1.82) is 0 Å². The predicted octanol–water partition coefficient (Wildman–Crippen LogP) is 2.77. The largest absolute Gasteiger partial charge is 0.241 e. The lowest BCUT2D eigenvalue weighted by Gasteiger charge is -2.09. The fourth-order valence-electron chi connectivity index (χ4n) is 1.37. The van der Waals surface area contributed by atoms with E-state index in [0.29, 0.717) is 0 Å². The van der Waals surface area contributed by atoms with Crippen molar-refractivity contribution in [2.45, 2.75) is 33.6 Å². The Hall–Kier alpha value is -1.18. The molecule has 0 unspecified atom stereocenters. The monoisotopic (exact) mass is 176 g/mol. The molecule has 0 aliphatic heterocycles. The molecule has 13 heavy (non-hydrogen) atoms. The summed E-state index contributed by atoms with van der Waals surface area (Å²) in [6.07, 6.45) is 8.12. The summed E-state index contributed by atoms with van der Waals surface area (Å²) in [6.45, 7) is 6.02. The first-order valence-corrected chi connectivity index (χ1v) is 4.85. The molecule has 1 heterocycles. The Morgan fingerprint density at radius 3 is 2.69 bits per heavy atom. The Kier molecular flexibility index (Phi) is 3.62. The van der Waals surface area contributed by atoms with Gasteiger partial charge in [-0.2, -0.15) is 0 Å². The molecule has 1 aliphatic rings. The third-order valence-corrected chi connectivity index (χ3v) is 2.00. The van der Waals surface area contributed by atoms with Gasteiger partial charge in [0.05, 0.1) is 5.69 Å². The van der Waals surface area contributed by atoms with Crippen LogP contribution in [0, 0.1) is 6.92 Å². The van der Waals surface area contributed by atoms with Gasteiger partial charge >= 0.3 is 0 Å². The number of fused-ring (bicyclic) bond motifs is 1. The second-order valence-electron chi connectivity index (χ2n) is 2.76. The van der Waals surface area contributed by atoms with Crippen LogP contribution in [0.15, 0.2) is 12.4 Å². The SMILES string of the molecule is CC.Cc1ncnc2c1C=CCC2. The van der Waals surface area contributed by atoms with Gasteiger partial charge in [-0.15, -0.1) is 0 Å². The highest BCUT2D eigenvalue weighted by atomic mass is 14.8. The van der Waals surface area contributed by atoms with Crippen molar-refractivity contribution in [2.24, 2.45) is 0 Å². The Labute approximate surface area is 79.7 Å². The summed E-state index contributed by atoms with van der Waals surface area (Å²) in [5.41, 5.74) is 3.50. The smallest absolute Gasteiger partial charge is 0.115 e. The third-order valence-electron chi connectivity index (χ3n) is 2.00. The quantitative estimate of drug-likeness (QED) is 0.607. The predicted molar refractivity (Wildman–Crippen MR) is 55.5 cm³/mol. The first-order chi connectivity index (χ1) is 6.38. The van der Waals surface area contributed by atoms with E-state index in [1.54, 1.807) is 6.33 Å². The Morgan fingerprint density at radius 2 is 2.00 bits per heavy atom. The average Bonchev–Trinajstić information content (AvgIpc) is 2.22. The van der Waals surface area contributed by atoms with Crippen molar-refractivity contribution in [3.05, 3.63) is 29.4 Å². The van der Waals surface area contributed by atoms with Gasteiger partial charge in [-0.25, -0.2) is 9.97 Å². The van der Waals surface area contributed by atoms with Crippen LogP contribution >= 0.6 is 0 Å². The van der Waals surface area contributed by atoms with Crippen LogP contribution in [-0.2, 0) is 6.42 Å². The molecule has 2 rings (SSSR count). The maximum Gasteiger partial charge on any atom is 0.115 e. The van der Waals surface area contributed by atoms with Gasteiger partial charge in [0.2, 0.25) is 0 Å². The molecule has 0 atom stereocenters. The summed E-state index contributed by atoms with van der Waals surface area (Å²) in [4.78, 5) is 8.35. The second kappa shape index (κ2) is 4.75. The van der Waals surface area contributed by atoms with Crippen molar-refractivity contribution in [3.8, 4) is 0 Å². The zero-order valence-corrected chi connectivity index (χ0v) is 8.54. The molecule has 0 bridgehead atoms. The van der Waals surface area contributed by atoms with Crippen molar-refractivity contribution < 1.29 is 0 Å². The van der Waals surface area contributed by atoms with Crippen molar-refractivity contribution in [2.75, 3.05) is 0 Å². The summed E-state index contributed by atoms with van der Waals surface area (Å²) in [5.74, 6) is 0. The molecule has 1 aromatic rings. The lowest BCUT2D eigenvalue weighted by molar-refractivity contribution is 0.895. The maximum absolute atomic E-state index is 4.22. The summed E-state index contributed by atoms with van der Waals surface area (Å²) < 4.78 is 0. The van der Waals surface area contributed by atoms with E-state index in [1.807, 2.05) is 20.8 Å². The molecule has 0 spiro atoms. The Morgan fingerprint density at radius 1 is 1.23 bits per heavy atom. The molecule has 1 aliphatic carbocycles. The molecule has 2 nitrogen and oxygen atoms in total. The summed E-state index contributed by atoms with van der Waals surface area (Å²) in [5, 5.41) is 0. The minimum atomic E-state index is 1.06. The fourth-order valence-corrected chi connectivity index (χ4v) is 1.37. The molecular weight excluding hydrogens is 160 g/mol. The first-order valence-electron chi connectivity index (χ1n) is 4.85. The van der Waals surface area contributed by atoms with Gasteiger partial charge in [-0.3, -0.25) is 0 Å². The number of nitrogens with zero attached hydrogens (tertiary/aromatic N) is 2. The number of aromatic nitrogens is 2. The van der Waals surface area contributed by atoms with E-state index in [9.17, 15) is 0 Å². The van der Waals surface area contributed by atoms with E-state index in [-0.39, 0.29) is 0 Å². The number of aryl methyl sites for hydroxylation is 2. The fraction of sp³-hybridized carbons (Fsp3) is 0.455. The Balaban J connectivity index is 0.000000396. The topological polar surface area (TPSA) is 25.8 Å². The van der Waals surface area contributed by atoms with Crippen molar-refractivity contribution in [3.63, 3.8) is 0 Å². The molecule has 2 heteroatoms. The van der Waals surface area contributed by atoms with Crippen LogP contribution in [0.4, 0.5) is 0 Å². The van der Waals surface area contributed by atoms with Gasteiger partial charge < -0.3 is 0 Å². The van der Waals surface area contributed by atoms with Gasteiger partial charge in [0, 0.05) is 11.3 Å². The molecule has 0 N–H and O–H groups in total. The van der Waals surface area contributed by atoms with Crippen LogP contribution in [0.1, 0.15) is 37.2 Å². The standard InChI is InChI=1S/C9H10N2.C2H6/c1-7-8-4-2-3-5-9(8)11-6-10-7;1-2/h2,4,6H,3,5H2,1H3;1-2H3. The average molecular weight is 176 g/mol. The maximum atomic E-state index is 4.22. The van der Waals surface area contributed by atoms with E-state index < -0.39 is 0 Å².